The topological polar surface area (TPSA) is 67.9 Å². The van der Waals surface area contributed by atoms with Gasteiger partial charge in [-0.2, -0.15) is 0 Å². The molecule has 0 aliphatic carbocycles. The number of nitrogens with one attached hydrogen (secondary N) is 1. The van der Waals surface area contributed by atoms with Crippen LogP contribution in [0.1, 0.15) is 24.0 Å². The predicted molar refractivity (Wildman–Crippen MR) is 128 cm³/mol. The molecule has 1 N–H and O–H groups in total. The second kappa shape index (κ2) is 10.8. The van der Waals surface area contributed by atoms with Crippen LogP contribution in [-0.4, -0.2) is 44.3 Å². The molecule has 0 spiro atoms. The summed E-state index contributed by atoms with van der Waals surface area (Å²) < 4.78 is 11.0. The van der Waals surface area contributed by atoms with E-state index >= 15 is 0 Å². The Morgan fingerprint density at radius 3 is 1.94 bits per heavy atom. The minimum atomic E-state index is -0.939. The lowest BCUT2D eigenvalue weighted by atomic mass is 9.91. The third-order valence-electron chi connectivity index (χ3n) is 5.67. The summed E-state index contributed by atoms with van der Waals surface area (Å²) in [4.78, 5) is 28.1. The Bertz CT molecular complexity index is 1010. The lowest BCUT2D eigenvalue weighted by molar-refractivity contribution is -0.153. The Morgan fingerprint density at radius 2 is 1.39 bits per heavy atom. The van der Waals surface area contributed by atoms with Gasteiger partial charge in [-0.05, 0) is 42.3 Å². The quantitative estimate of drug-likeness (QED) is 0.553. The number of benzene rings is 3. The van der Waals surface area contributed by atoms with Crippen LogP contribution < -0.4 is 10.2 Å². The van der Waals surface area contributed by atoms with Crippen LogP contribution in [-0.2, 0) is 19.1 Å². The van der Waals surface area contributed by atoms with Gasteiger partial charge in [0.25, 0.3) is 5.91 Å². The predicted octanol–water partition coefficient (Wildman–Crippen LogP) is 4.23. The number of hydrogen-bond donors (Lipinski definition) is 1. The molecular formula is C27H28N2O4. The molecule has 3 aromatic carbocycles. The van der Waals surface area contributed by atoms with Crippen LogP contribution in [0.5, 0.6) is 0 Å². The van der Waals surface area contributed by atoms with Gasteiger partial charge in [-0.15, -0.1) is 0 Å². The molecule has 1 unspecified atom stereocenters. The van der Waals surface area contributed by atoms with E-state index in [1.165, 1.54) is 0 Å². The minimum Gasteiger partial charge on any atom is -0.452 e. The molecule has 1 fully saturated rings. The maximum absolute atomic E-state index is 13.1. The van der Waals surface area contributed by atoms with Gasteiger partial charge in [-0.3, -0.25) is 9.59 Å². The summed E-state index contributed by atoms with van der Waals surface area (Å²) in [5.74, 6) is -1.43. The Kier molecular flexibility index (Phi) is 7.37. The van der Waals surface area contributed by atoms with E-state index in [1.54, 1.807) is 6.92 Å². The van der Waals surface area contributed by atoms with Gasteiger partial charge in [0.1, 0.15) is 5.92 Å². The number of hydrogen-bond acceptors (Lipinski definition) is 5. The molecular weight excluding hydrogens is 416 g/mol. The number of carbonyl (C=O) groups excluding carboxylic acids is 2. The normalized spacial score (nSPS) is 14.5. The van der Waals surface area contributed by atoms with Gasteiger partial charge in [0.15, 0.2) is 6.10 Å². The Balaban J connectivity index is 1.40. The summed E-state index contributed by atoms with van der Waals surface area (Å²) in [5, 5.41) is 2.84. The van der Waals surface area contributed by atoms with E-state index in [9.17, 15) is 9.59 Å². The molecule has 1 aliphatic rings. The van der Waals surface area contributed by atoms with Crippen molar-refractivity contribution >= 4 is 23.3 Å². The van der Waals surface area contributed by atoms with E-state index in [4.69, 9.17) is 9.47 Å². The Morgan fingerprint density at radius 1 is 0.848 bits per heavy atom. The molecule has 1 atom stereocenters. The van der Waals surface area contributed by atoms with E-state index in [0.29, 0.717) is 18.9 Å². The SMILES string of the molecule is CC(OC(=O)C(c1ccccc1)c1ccccc1)C(=O)Nc1ccc(N2CCOCC2)cc1. The zero-order valence-electron chi connectivity index (χ0n) is 18.6. The van der Waals surface area contributed by atoms with Crippen molar-refractivity contribution in [3.63, 3.8) is 0 Å². The van der Waals surface area contributed by atoms with Crippen molar-refractivity contribution in [2.24, 2.45) is 0 Å². The third kappa shape index (κ3) is 5.79. The maximum Gasteiger partial charge on any atom is 0.318 e. The number of rotatable bonds is 7. The van der Waals surface area contributed by atoms with Gasteiger partial charge in [-0.25, -0.2) is 0 Å². The summed E-state index contributed by atoms with van der Waals surface area (Å²) in [6.07, 6.45) is -0.939. The van der Waals surface area contributed by atoms with E-state index in [2.05, 4.69) is 10.2 Å². The van der Waals surface area contributed by atoms with Crippen molar-refractivity contribution in [3.05, 3.63) is 96.1 Å². The highest BCUT2D eigenvalue weighted by Gasteiger charge is 2.28. The summed E-state index contributed by atoms with van der Waals surface area (Å²) in [6.45, 7) is 4.72. The molecule has 6 nitrogen and oxygen atoms in total. The fourth-order valence-electron chi connectivity index (χ4n) is 3.87. The average molecular weight is 445 g/mol. The van der Waals surface area contributed by atoms with E-state index in [-0.39, 0.29) is 5.91 Å². The van der Waals surface area contributed by atoms with Crippen LogP contribution in [0.25, 0.3) is 0 Å². The van der Waals surface area contributed by atoms with Gasteiger partial charge in [0.2, 0.25) is 0 Å². The zero-order chi connectivity index (χ0) is 23.0. The minimum absolute atomic E-state index is 0.373. The first kappa shape index (κ1) is 22.6. The number of anilines is 2. The van der Waals surface area contributed by atoms with Crippen molar-refractivity contribution < 1.29 is 19.1 Å². The van der Waals surface area contributed by atoms with Crippen molar-refractivity contribution in [1.29, 1.82) is 0 Å². The molecule has 4 rings (SSSR count). The highest BCUT2D eigenvalue weighted by Crippen LogP contribution is 2.27. The molecule has 0 radical (unpaired) electrons. The molecule has 1 saturated heterocycles. The summed E-state index contributed by atoms with van der Waals surface area (Å²) in [7, 11) is 0. The highest BCUT2D eigenvalue weighted by molar-refractivity contribution is 5.96. The van der Waals surface area contributed by atoms with Gasteiger partial charge < -0.3 is 19.7 Å². The van der Waals surface area contributed by atoms with Gasteiger partial charge >= 0.3 is 5.97 Å². The van der Waals surface area contributed by atoms with E-state index in [1.807, 2.05) is 84.9 Å². The molecule has 0 bridgehead atoms. The van der Waals surface area contributed by atoms with Crippen LogP contribution in [0.3, 0.4) is 0 Å². The van der Waals surface area contributed by atoms with E-state index in [0.717, 1.165) is 29.9 Å². The molecule has 1 heterocycles. The van der Waals surface area contributed by atoms with Crippen LogP contribution in [0.15, 0.2) is 84.9 Å². The van der Waals surface area contributed by atoms with E-state index < -0.39 is 18.0 Å². The molecule has 33 heavy (non-hydrogen) atoms. The molecule has 0 aromatic heterocycles. The number of morpholine rings is 1. The fraction of sp³-hybridized carbons (Fsp3) is 0.259. The lowest BCUT2D eigenvalue weighted by Crippen LogP contribution is -2.36. The zero-order valence-corrected chi connectivity index (χ0v) is 18.6. The van der Waals surface area contributed by atoms with Crippen molar-refractivity contribution in [2.45, 2.75) is 18.9 Å². The number of amides is 1. The van der Waals surface area contributed by atoms with Gasteiger partial charge in [-0.1, -0.05) is 60.7 Å². The van der Waals surface area contributed by atoms with Crippen molar-refractivity contribution in [1.82, 2.24) is 0 Å². The highest BCUT2D eigenvalue weighted by atomic mass is 16.5. The van der Waals surface area contributed by atoms with Crippen molar-refractivity contribution in [3.8, 4) is 0 Å². The second-order valence-corrected chi connectivity index (χ2v) is 7.97. The average Bonchev–Trinajstić information content (AvgIpc) is 2.86. The van der Waals surface area contributed by atoms with Crippen LogP contribution in [0, 0.1) is 0 Å². The number of ether oxygens (including phenoxy) is 2. The lowest BCUT2D eigenvalue weighted by Gasteiger charge is -2.29. The first-order chi connectivity index (χ1) is 16.1. The molecule has 3 aromatic rings. The molecule has 6 heteroatoms. The number of esters is 1. The third-order valence-corrected chi connectivity index (χ3v) is 5.67. The van der Waals surface area contributed by atoms with Crippen LogP contribution >= 0.6 is 0 Å². The number of nitrogens with zero attached hydrogens (tertiary/aromatic N) is 1. The molecule has 170 valence electrons. The second-order valence-electron chi connectivity index (χ2n) is 7.97. The van der Waals surface area contributed by atoms with Crippen LogP contribution in [0.4, 0.5) is 11.4 Å². The first-order valence-corrected chi connectivity index (χ1v) is 11.2. The Hall–Kier alpha value is -3.64. The smallest absolute Gasteiger partial charge is 0.318 e. The van der Waals surface area contributed by atoms with Crippen molar-refractivity contribution in [2.75, 3.05) is 36.5 Å². The summed E-state index contributed by atoms with van der Waals surface area (Å²) in [5.41, 5.74) is 3.38. The first-order valence-electron chi connectivity index (χ1n) is 11.2. The number of carbonyl (C=O) groups is 2. The molecule has 1 amide bonds. The molecule has 0 saturated carbocycles. The summed E-state index contributed by atoms with van der Waals surface area (Å²) >= 11 is 0. The van der Waals surface area contributed by atoms with Gasteiger partial charge in [0, 0.05) is 24.5 Å². The standard InChI is InChI=1S/C27H28N2O4/c1-20(26(30)28-23-12-14-24(15-13-23)29-16-18-32-19-17-29)33-27(31)25(21-8-4-2-5-9-21)22-10-6-3-7-11-22/h2-15,20,25H,16-19H2,1H3,(H,28,30). The van der Waals surface area contributed by atoms with Gasteiger partial charge in [0.05, 0.1) is 13.2 Å². The maximum atomic E-state index is 13.1. The Labute approximate surface area is 194 Å². The van der Waals surface area contributed by atoms with Crippen LogP contribution in [0.2, 0.25) is 0 Å². The monoisotopic (exact) mass is 444 g/mol. The molecule has 1 aliphatic heterocycles. The largest absolute Gasteiger partial charge is 0.452 e. The summed E-state index contributed by atoms with van der Waals surface area (Å²) in [6, 6.07) is 26.5. The fourth-order valence-corrected chi connectivity index (χ4v) is 3.87.